The number of halogens is 1. The molecule has 1 fully saturated rings. The highest BCUT2D eigenvalue weighted by atomic mass is 19.1. The molecule has 1 aliphatic heterocycles. The number of amides is 1. The Balaban J connectivity index is 1.69. The topological polar surface area (TPSA) is 54.7 Å². The van der Waals surface area contributed by atoms with Gasteiger partial charge < -0.3 is 14.5 Å². The molecule has 1 atom stereocenters. The molecule has 1 aromatic heterocycles. The number of methoxy groups -OCH3 is 1. The summed E-state index contributed by atoms with van der Waals surface area (Å²) >= 11 is 0. The Morgan fingerprint density at radius 1 is 1.32 bits per heavy atom. The number of hydrogen-bond donors (Lipinski definition) is 1. The summed E-state index contributed by atoms with van der Waals surface area (Å²) in [7, 11) is 1.46. The van der Waals surface area contributed by atoms with Crippen LogP contribution >= 0.6 is 0 Å². The maximum atomic E-state index is 14.1. The minimum Gasteiger partial charge on any atom is -0.497 e. The molecular weight excluding hydrogens is 323 g/mol. The zero-order valence-corrected chi connectivity index (χ0v) is 14.3. The van der Waals surface area contributed by atoms with Crippen LogP contribution in [0.5, 0.6) is 5.75 Å². The van der Waals surface area contributed by atoms with Gasteiger partial charge in [-0.3, -0.25) is 9.69 Å². The van der Waals surface area contributed by atoms with Crippen molar-refractivity contribution >= 4 is 5.91 Å². The van der Waals surface area contributed by atoms with Crippen LogP contribution in [-0.4, -0.2) is 37.6 Å². The van der Waals surface area contributed by atoms with Gasteiger partial charge in [0.1, 0.15) is 17.3 Å². The van der Waals surface area contributed by atoms with Crippen molar-refractivity contribution in [2.75, 3.05) is 26.7 Å². The lowest BCUT2D eigenvalue weighted by Gasteiger charge is -2.33. The number of piperidine rings is 1. The normalized spacial score (nSPS) is 16.4. The first-order valence-corrected chi connectivity index (χ1v) is 8.58. The van der Waals surface area contributed by atoms with E-state index in [4.69, 9.17) is 9.15 Å². The smallest absolute Gasteiger partial charge is 0.254 e. The molecule has 0 saturated carbocycles. The van der Waals surface area contributed by atoms with E-state index in [1.807, 2.05) is 12.1 Å². The van der Waals surface area contributed by atoms with Gasteiger partial charge in [-0.15, -0.1) is 0 Å². The van der Waals surface area contributed by atoms with E-state index in [1.54, 1.807) is 12.3 Å². The Kier molecular flexibility index (Phi) is 5.71. The van der Waals surface area contributed by atoms with Crippen molar-refractivity contribution < 1.29 is 18.3 Å². The van der Waals surface area contributed by atoms with Crippen LogP contribution < -0.4 is 10.1 Å². The van der Waals surface area contributed by atoms with E-state index < -0.39 is 11.7 Å². The number of ether oxygens (including phenoxy) is 1. The molecule has 3 rings (SSSR count). The van der Waals surface area contributed by atoms with Gasteiger partial charge in [0.25, 0.3) is 5.91 Å². The summed E-state index contributed by atoms with van der Waals surface area (Å²) in [5.74, 6) is 0.173. The standard InChI is InChI=1S/C19H23FN2O3/c1-24-14-7-8-15(16(20)12-14)19(23)21-13-17(18-6-5-11-25-18)22-9-3-2-4-10-22/h5-8,11-12,17H,2-4,9-10,13H2,1H3,(H,21,23). The Morgan fingerprint density at radius 3 is 2.76 bits per heavy atom. The van der Waals surface area contributed by atoms with Crippen LogP contribution in [-0.2, 0) is 0 Å². The van der Waals surface area contributed by atoms with Gasteiger partial charge in [-0.25, -0.2) is 4.39 Å². The zero-order chi connectivity index (χ0) is 17.6. The van der Waals surface area contributed by atoms with Crippen LogP contribution in [0.2, 0.25) is 0 Å². The fourth-order valence-electron chi connectivity index (χ4n) is 3.21. The fourth-order valence-corrected chi connectivity index (χ4v) is 3.21. The minimum absolute atomic E-state index is 0.0117. The van der Waals surface area contributed by atoms with E-state index in [2.05, 4.69) is 10.2 Å². The molecule has 0 spiro atoms. The highest BCUT2D eigenvalue weighted by molar-refractivity contribution is 5.94. The van der Waals surface area contributed by atoms with Gasteiger partial charge in [0.15, 0.2) is 0 Å². The molecule has 1 saturated heterocycles. The average molecular weight is 346 g/mol. The molecule has 0 bridgehead atoms. The first kappa shape index (κ1) is 17.5. The number of benzene rings is 1. The van der Waals surface area contributed by atoms with Gasteiger partial charge in [0, 0.05) is 12.6 Å². The molecular formula is C19H23FN2O3. The lowest BCUT2D eigenvalue weighted by atomic mass is 10.1. The van der Waals surface area contributed by atoms with Gasteiger partial charge in [-0.2, -0.15) is 0 Å². The molecule has 1 aliphatic rings. The zero-order valence-electron chi connectivity index (χ0n) is 14.3. The van der Waals surface area contributed by atoms with Crippen LogP contribution in [0.25, 0.3) is 0 Å². The van der Waals surface area contributed by atoms with E-state index >= 15 is 0 Å². The molecule has 2 heterocycles. The summed E-state index contributed by atoms with van der Waals surface area (Å²) in [5, 5.41) is 2.84. The predicted molar refractivity (Wildman–Crippen MR) is 92.2 cm³/mol. The fraction of sp³-hybridized carbons (Fsp3) is 0.421. The summed E-state index contributed by atoms with van der Waals surface area (Å²) in [6.45, 7) is 2.31. The summed E-state index contributed by atoms with van der Waals surface area (Å²) in [5.41, 5.74) is 0.0117. The van der Waals surface area contributed by atoms with Crippen molar-refractivity contribution in [1.82, 2.24) is 10.2 Å². The molecule has 0 aliphatic carbocycles. The first-order valence-electron chi connectivity index (χ1n) is 8.58. The molecule has 25 heavy (non-hydrogen) atoms. The van der Waals surface area contributed by atoms with Crippen molar-refractivity contribution in [2.45, 2.75) is 25.3 Å². The second-order valence-corrected chi connectivity index (χ2v) is 6.18. The number of nitrogens with zero attached hydrogens (tertiary/aromatic N) is 1. The third-order valence-electron chi connectivity index (χ3n) is 4.58. The van der Waals surface area contributed by atoms with Gasteiger partial charge >= 0.3 is 0 Å². The molecule has 134 valence electrons. The van der Waals surface area contributed by atoms with Gasteiger partial charge in [-0.1, -0.05) is 6.42 Å². The molecule has 1 unspecified atom stereocenters. The number of carbonyl (C=O) groups is 1. The van der Waals surface area contributed by atoms with Crippen molar-refractivity contribution in [2.24, 2.45) is 0 Å². The molecule has 1 amide bonds. The largest absolute Gasteiger partial charge is 0.497 e. The lowest BCUT2D eigenvalue weighted by Crippen LogP contribution is -2.40. The predicted octanol–water partition coefficient (Wildman–Crippen LogP) is 3.38. The molecule has 1 N–H and O–H groups in total. The molecule has 6 heteroatoms. The number of carbonyl (C=O) groups excluding carboxylic acids is 1. The molecule has 0 radical (unpaired) electrons. The van der Waals surface area contributed by atoms with Crippen LogP contribution in [0.4, 0.5) is 4.39 Å². The SMILES string of the molecule is COc1ccc(C(=O)NCC(c2ccco2)N2CCCCC2)c(F)c1. The molecule has 5 nitrogen and oxygen atoms in total. The molecule has 2 aromatic rings. The molecule has 1 aromatic carbocycles. The Bertz CT molecular complexity index is 697. The number of rotatable bonds is 6. The minimum atomic E-state index is -0.593. The van der Waals surface area contributed by atoms with Gasteiger partial charge in [0.05, 0.1) is 25.0 Å². The second kappa shape index (κ2) is 8.16. The first-order chi connectivity index (χ1) is 12.2. The number of nitrogens with one attached hydrogen (secondary N) is 1. The van der Waals surface area contributed by atoms with E-state index in [0.717, 1.165) is 31.7 Å². The number of furan rings is 1. The summed E-state index contributed by atoms with van der Waals surface area (Å²) in [6, 6.07) is 7.94. The van der Waals surface area contributed by atoms with E-state index in [1.165, 1.54) is 25.7 Å². The third-order valence-corrected chi connectivity index (χ3v) is 4.58. The average Bonchev–Trinajstić information content (AvgIpc) is 3.17. The summed E-state index contributed by atoms with van der Waals surface area (Å²) in [4.78, 5) is 14.7. The van der Waals surface area contributed by atoms with E-state index in [-0.39, 0.29) is 11.6 Å². The Morgan fingerprint density at radius 2 is 2.12 bits per heavy atom. The monoisotopic (exact) mass is 346 g/mol. The van der Waals surface area contributed by atoms with Crippen LogP contribution in [0.15, 0.2) is 41.0 Å². The Labute approximate surface area is 146 Å². The highest BCUT2D eigenvalue weighted by Crippen LogP contribution is 2.25. The Hall–Kier alpha value is -2.34. The summed E-state index contributed by atoms with van der Waals surface area (Å²) < 4.78 is 24.6. The number of hydrogen-bond acceptors (Lipinski definition) is 4. The second-order valence-electron chi connectivity index (χ2n) is 6.18. The van der Waals surface area contributed by atoms with Crippen molar-refractivity contribution in [3.05, 3.63) is 53.7 Å². The maximum absolute atomic E-state index is 14.1. The maximum Gasteiger partial charge on any atom is 0.254 e. The van der Waals surface area contributed by atoms with Crippen LogP contribution in [0.1, 0.15) is 41.4 Å². The van der Waals surface area contributed by atoms with Crippen molar-refractivity contribution in [3.63, 3.8) is 0 Å². The quantitative estimate of drug-likeness (QED) is 0.871. The van der Waals surface area contributed by atoms with Gasteiger partial charge in [0.2, 0.25) is 0 Å². The summed E-state index contributed by atoms with van der Waals surface area (Å²) in [6.07, 6.45) is 5.14. The van der Waals surface area contributed by atoms with E-state index in [0.29, 0.717) is 12.3 Å². The van der Waals surface area contributed by atoms with Crippen molar-refractivity contribution in [3.8, 4) is 5.75 Å². The third kappa shape index (κ3) is 4.20. The van der Waals surface area contributed by atoms with E-state index in [9.17, 15) is 9.18 Å². The number of likely N-dealkylation sites (tertiary alicyclic amines) is 1. The lowest BCUT2D eigenvalue weighted by molar-refractivity contribution is 0.0910. The van der Waals surface area contributed by atoms with Crippen LogP contribution in [0.3, 0.4) is 0 Å². The highest BCUT2D eigenvalue weighted by Gasteiger charge is 2.25. The van der Waals surface area contributed by atoms with Crippen LogP contribution in [0, 0.1) is 5.82 Å². The van der Waals surface area contributed by atoms with Gasteiger partial charge in [-0.05, 0) is 50.2 Å². The van der Waals surface area contributed by atoms with Crippen molar-refractivity contribution in [1.29, 1.82) is 0 Å².